The van der Waals surface area contributed by atoms with Gasteiger partial charge in [0, 0.05) is 32.7 Å². The molecule has 2 aliphatic rings. The van der Waals surface area contributed by atoms with Crippen molar-refractivity contribution in [1.82, 2.24) is 19.8 Å². The third-order valence-electron chi connectivity index (χ3n) is 6.19. The van der Waals surface area contributed by atoms with Gasteiger partial charge in [0.05, 0.1) is 6.61 Å². The zero-order valence-electron chi connectivity index (χ0n) is 19.2. The fourth-order valence-electron chi connectivity index (χ4n) is 4.17. The highest BCUT2D eigenvalue weighted by Crippen LogP contribution is 2.37. The molecule has 1 atom stereocenters. The number of nitrogens with one attached hydrogen (secondary N) is 1. The number of likely N-dealkylation sites (N-methyl/N-ethyl adjacent to an activating group) is 1. The molecule has 1 aromatic heterocycles. The molecule has 0 saturated carbocycles. The molecule has 31 heavy (non-hydrogen) atoms. The van der Waals surface area contributed by atoms with Crippen molar-refractivity contribution in [3.05, 3.63) is 0 Å². The molecule has 9 heteroatoms. The highest BCUT2D eigenvalue weighted by atomic mass is 16.5. The van der Waals surface area contributed by atoms with Crippen LogP contribution in [0.2, 0.25) is 0 Å². The predicted octanol–water partition coefficient (Wildman–Crippen LogP) is 2.19. The van der Waals surface area contributed by atoms with Crippen molar-refractivity contribution >= 4 is 23.6 Å². The SMILES string of the molecule is CCCCOc1nc(N)c2c(n1)N(CCCCCCN1CCN(CC)CC1)C(C=O)N2. The Hall–Kier alpha value is -2.13. The summed E-state index contributed by atoms with van der Waals surface area (Å²) in [5, 5.41) is 3.14. The van der Waals surface area contributed by atoms with Gasteiger partial charge in [0.2, 0.25) is 0 Å². The molecule has 0 spiro atoms. The number of fused-ring (bicyclic) bond motifs is 1. The maximum Gasteiger partial charge on any atom is 0.320 e. The van der Waals surface area contributed by atoms with E-state index in [1.165, 1.54) is 45.6 Å². The highest BCUT2D eigenvalue weighted by Gasteiger charge is 2.32. The van der Waals surface area contributed by atoms with Crippen LogP contribution in [0.1, 0.15) is 52.4 Å². The van der Waals surface area contributed by atoms with E-state index in [4.69, 9.17) is 10.5 Å². The number of aldehydes is 1. The van der Waals surface area contributed by atoms with E-state index in [-0.39, 0.29) is 6.01 Å². The zero-order valence-corrected chi connectivity index (χ0v) is 19.2. The van der Waals surface area contributed by atoms with Gasteiger partial charge >= 0.3 is 6.01 Å². The van der Waals surface area contributed by atoms with Crippen LogP contribution in [0.4, 0.5) is 17.3 Å². The molecule has 0 aliphatic carbocycles. The number of carbonyl (C=O) groups excluding carboxylic acids is 1. The number of nitrogen functional groups attached to an aromatic ring is 1. The minimum Gasteiger partial charge on any atom is -0.463 e. The topological polar surface area (TPSA) is 99.8 Å². The molecule has 9 nitrogen and oxygen atoms in total. The largest absolute Gasteiger partial charge is 0.463 e. The van der Waals surface area contributed by atoms with Crippen LogP contribution in [0.3, 0.4) is 0 Å². The van der Waals surface area contributed by atoms with E-state index >= 15 is 0 Å². The Morgan fingerprint density at radius 2 is 1.74 bits per heavy atom. The molecule has 3 rings (SSSR count). The Bertz CT molecular complexity index is 695. The van der Waals surface area contributed by atoms with Gasteiger partial charge in [0.1, 0.15) is 5.69 Å². The fourth-order valence-corrected chi connectivity index (χ4v) is 4.17. The van der Waals surface area contributed by atoms with E-state index in [0.29, 0.717) is 23.9 Å². The van der Waals surface area contributed by atoms with Crippen molar-refractivity contribution in [2.24, 2.45) is 0 Å². The van der Waals surface area contributed by atoms with Crippen molar-refractivity contribution < 1.29 is 9.53 Å². The number of hydrogen-bond donors (Lipinski definition) is 2. The molecule has 1 fully saturated rings. The zero-order chi connectivity index (χ0) is 22.1. The molecular weight excluding hydrogens is 394 g/mol. The van der Waals surface area contributed by atoms with Crippen molar-refractivity contribution in [1.29, 1.82) is 0 Å². The van der Waals surface area contributed by atoms with Crippen LogP contribution in [0.5, 0.6) is 6.01 Å². The van der Waals surface area contributed by atoms with Gasteiger partial charge in [0.15, 0.2) is 24.1 Å². The lowest BCUT2D eigenvalue weighted by Gasteiger charge is -2.34. The van der Waals surface area contributed by atoms with E-state index in [2.05, 4.69) is 38.9 Å². The van der Waals surface area contributed by atoms with E-state index in [1.54, 1.807) is 0 Å². The lowest BCUT2D eigenvalue weighted by molar-refractivity contribution is -0.108. The average Bonchev–Trinajstić information content (AvgIpc) is 3.15. The van der Waals surface area contributed by atoms with Crippen molar-refractivity contribution in [2.75, 3.05) is 68.4 Å². The summed E-state index contributed by atoms with van der Waals surface area (Å²) in [5.74, 6) is 0.999. The van der Waals surface area contributed by atoms with E-state index < -0.39 is 6.17 Å². The Morgan fingerprint density at radius 3 is 2.42 bits per heavy atom. The monoisotopic (exact) mass is 433 g/mol. The molecule has 1 saturated heterocycles. The molecular formula is C22H39N7O2. The first-order valence-electron chi connectivity index (χ1n) is 11.9. The molecule has 3 N–H and O–H groups in total. The number of nitrogens with two attached hydrogens (primary N) is 1. The summed E-state index contributed by atoms with van der Waals surface area (Å²) in [6.45, 7) is 12.8. The standard InChI is InChI=1S/C22H39N7O2/c1-3-5-16-31-22-25-20(23)19-21(26-22)29(18(17-30)24-19)11-9-7-6-8-10-28-14-12-27(4-2)13-15-28/h17-18,24H,3-16H2,1-2H3,(H2,23,25,26). The first kappa shape index (κ1) is 23.5. The van der Waals surface area contributed by atoms with Gasteiger partial charge in [-0.15, -0.1) is 0 Å². The molecule has 0 bridgehead atoms. The number of unbranched alkanes of at least 4 members (excludes halogenated alkanes) is 4. The Balaban J connectivity index is 1.44. The Kier molecular flexibility index (Phi) is 9.14. The minimum absolute atomic E-state index is 0.284. The summed E-state index contributed by atoms with van der Waals surface area (Å²) in [4.78, 5) is 27.5. The summed E-state index contributed by atoms with van der Waals surface area (Å²) in [7, 11) is 0. The average molecular weight is 434 g/mol. The molecule has 0 aromatic carbocycles. The van der Waals surface area contributed by atoms with Gasteiger partial charge < -0.3 is 30.5 Å². The van der Waals surface area contributed by atoms with Crippen molar-refractivity contribution in [3.63, 3.8) is 0 Å². The first-order chi connectivity index (χ1) is 15.2. The van der Waals surface area contributed by atoms with Crippen molar-refractivity contribution in [2.45, 2.75) is 58.5 Å². The summed E-state index contributed by atoms with van der Waals surface area (Å²) in [5.41, 5.74) is 6.73. The molecule has 0 radical (unpaired) electrons. The highest BCUT2D eigenvalue weighted by molar-refractivity contribution is 5.87. The maximum absolute atomic E-state index is 11.6. The number of piperazine rings is 1. The van der Waals surface area contributed by atoms with Gasteiger partial charge in [-0.05, 0) is 32.4 Å². The number of aromatic nitrogens is 2. The summed E-state index contributed by atoms with van der Waals surface area (Å²) >= 11 is 0. The molecule has 2 aliphatic heterocycles. The second-order valence-electron chi connectivity index (χ2n) is 8.40. The normalized spacial score (nSPS) is 19.3. The van der Waals surface area contributed by atoms with Gasteiger partial charge in [-0.3, -0.25) is 4.79 Å². The van der Waals surface area contributed by atoms with Crippen molar-refractivity contribution in [3.8, 4) is 6.01 Å². The predicted molar refractivity (Wildman–Crippen MR) is 125 cm³/mol. The number of anilines is 3. The molecule has 1 unspecified atom stereocenters. The number of carbonyl (C=O) groups is 1. The summed E-state index contributed by atoms with van der Waals surface area (Å²) in [6.07, 6.45) is 6.98. The Morgan fingerprint density at radius 1 is 1.03 bits per heavy atom. The maximum atomic E-state index is 11.6. The fraction of sp³-hybridized carbons (Fsp3) is 0.773. The van der Waals surface area contributed by atoms with Gasteiger partial charge in [-0.25, -0.2) is 0 Å². The lowest BCUT2D eigenvalue weighted by Crippen LogP contribution is -2.46. The van der Waals surface area contributed by atoms with Crippen LogP contribution in [-0.2, 0) is 4.79 Å². The van der Waals surface area contributed by atoms with Crippen LogP contribution in [0, 0.1) is 0 Å². The summed E-state index contributed by atoms with van der Waals surface area (Å²) in [6, 6.07) is 0.284. The first-order valence-corrected chi connectivity index (χ1v) is 11.9. The Labute approximate surface area is 186 Å². The molecule has 1 aromatic rings. The number of nitrogens with zero attached hydrogens (tertiary/aromatic N) is 5. The molecule has 174 valence electrons. The second-order valence-corrected chi connectivity index (χ2v) is 8.40. The van der Waals surface area contributed by atoms with Gasteiger partial charge in [-0.2, -0.15) is 9.97 Å². The minimum atomic E-state index is -0.452. The number of rotatable bonds is 13. The van der Waals surface area contributed by atoms with Crippen LogP contribution in [0.15, 0.2) is 0 Å². The van der Waals surface area contributed by atoms with Crippen LogP contribution < -0.4 is 20.7 Å². The third kappa shape index (κ3) is 6.43. The van der Waals surface area contributed by atoms with E-state index in [0.717, 1.165) is 45.1 Å². The van der Waals surface area contributed by atoms with Crippen LogP contribution >= 0.6 is 0 Å². The second kappa shape index (κ2) is 12.0. The van der Waals surface area contributed by atoms with E-state index in [9.17, 15) is 4.79 Å². The smallest absolute Gasteiger partial charge is 0.320 e. The molecule has 3 heterocycles. The number of ether oxygens (including phenoxy) is 1. The van der Waals surface area contributed by atoms with Crippen LogP contribution in [0.25, 0.3) is 0 Å². The number of hydrogen-bond acceptors (Lipinski definition) is 9. The third-order valence-corrected chi connectivity index (χ3v) is 6.19. The van der Waals surface area contributed by atoms with Gasteiger partial charge in [-0.1, -0.05) is 33.1 Å². The van der Waals surface area contributed by atoms with Gasteiger partial charge in [0.25, 0.3) is 0 Å². The van der Waals surface area contributed by atoms with E-state index in [1.807, 2.05) is 4.90 Å². The lowest BCUT2D eigenvalue weighted by atomic mass is 10.1. The quantitative estimate of drug-likeness (QED) is 0.358. The summed E-state index contributed by atoms with van der Waals surface area (Å²) < 4.78 is 5.65. The van der Waals surface area contributed by atoms with Crippen LogP contribution in [-0.4, -0.2) is 84.6 Å². The molecule has 0 amide bonds.